The minimum Gasteiger partial charge on any atom is -0.354 e. The van der Waals surface area contributed by atoms with Crippen molar-refractivity contribution in [1.29, 1.82) is 0 Å². The van der Waals surface area contributed by atoms with E-state index in [0.29, 0.717) is 5.92 Å². The first kappa shape index (κ1) is 25.4. The Morgan fingerprint density at radius 3 is 2.67 bits per heavy atom. The molecule has 6 rings (SSSR count). The van der Waals surface area contributed by atoms with Crippen LogP contribution < -0.4 is 10.6 Å². The number of allylic oxidation sites excluding steroid dienone is 2. The van der Waals surface area contributed by atoms with Gasteiger partial charge in [0.05, 0.1) is 5.69 Å². The van der Waals surface area contributed by atoms with Gasteiger partial charge in [0, 0.05) is 54.3 Å². The van der Waals surface area contributed by atoms with Crippen LogP contribution in [0, 0.1) is 13.8 Å². The van der Waals surface area contributed by atoms with Crippen LogP contribution in [0.2, 0.25) is 0 Å². The lowest BCUT2D eigenvalue weighted by atomic mass is 9.87. The summed E-state index contributed by atoms with van der Waals surface area (Å²) in [5, 5.41) is 12.1. The molecule has 0 unspecified atom stereocenters. The van der Waals surface area contributed by atoms with Crippen molar-refractivity contribution in [2.75, 3.05) is 26.2 Å². The number of aromatic nitrogens is 4. The van der Waals surface area contributed by atoms with Gasteiger partial charge in [-0.25, -0.2) is 14.3 Å². The van der Waals surface area contributed by atoms with Crippen molar-refractivity contribution in [2.45, 2.75) is 51.0 Å². The fraction of sp³-hybridized carbons (Fsp3) is 0.387. The second kappa shape index (κ2) is 10.3. The van der Waals surface area contributed by atoms with Gasteiger partial charge in [0.1, 0.15) is 6.33 Å². The van der Waals surface area contributed by atoms with Gasteiger partial charge < -0.3 is 20.5 Å². The number of nitrogens with one attached hydrogen (secondary N) is 3. The van der Waals surface area contributed by atoms with Crippen molar-refractivity contribution in [2.24, 2.45) is 0 Å². The fourth-order valence-electron chi connectivity index (χ4n) is 6.29. The maximum absolute atomic E-state index is 12.8. The third-order valence-electron chi connectivity index (χ3n) is 8.74. The highest BCUT2D eigenvalue weighted by atomic mass is 16.2. The first-order valence-electron chi connectivity index (χ1n) is 13.9. The lowest BCUT2D eigenvalue weighted by molar-refractivity contribution is 0.178. The topological polar surface area (TPSA) is 90.4 Å². The number of aromatic amines is 1. The summed E-state index contributed by atoms with van der Waals surface area (Å²) in [5.74, 6) is 0.407. The molecular formula is C31H37N7O. The molecule has 8 heteroatoms. The zero-order valence-corrected chi connectivity index (χ0v) is 22.8. The number of rotatable bonds is 6. The molecule has 2 aliphatic rings. The Balaban J connectivity index is 1.32. The van der Waals surface area contributed by atoms with Crippen molar-refractivity contribution in [3.63, 3.8) is 0 Å². The van der Waals surface area contributed by atoms with Crippen molar-refractivity contribution in [1.82, 2.24) is 35.1 Å². The molecule has 5 heterocycles. The van der Waals surface area contributed by atoms with E-state index in [0.717, 1.165) is 73.4 Å². The molecular weight excluding hydrogens is 486 g/mol. The van der Waals surface area contributed by atoms with E-state index in [-0.39, 0.29) is 18.0 Å². The fourth-order valence-corrected chi connectivity index (χ4v) is 6.29. The first-order valence-corrected chi connectivity index (χ1v) is 13.9. The Morgan fingerprint density at radius 2 is 1.95 bits per heavy atom. The predicted molar refractivity (Wildman–Crippen MR) is 156 cm³/mol. The van der Waals surface area contributed by atoms with E-state index in [1.807, 2.05) is 21.6 Å². The van der Waals surface area contributed by atoms with Gasteiger partial charge in [-0.3, -0.25) is 0 Å². The lowest BCUT2D eigenvalue weighted by Crippen LogP contribution is -2.48. The maximum atomic E-state index is 12.8. The van der Waals surface area contributed by atoms with E-state index in [1.54, 1.807) is 6.33 Å². The van der Waals surface area contributed by atoms with Gasteiger partial charge in [-0.05, 0) is 80.0 Å². The molecule has 8 nitrogen and oxygen atoms in total. The largest absolute Gasteiger partial charge is 0.354 e. The number of nitrogens with zero attached hydrogens (tertiary/aromatic N) is 4. The van der Waals surface area contributed by atoms with Gasteiger partial charge in [-0.15, -0.1) is 13.2 Å². The molecule has 4 aromatic rings. The first-order chi connectivity index (χ1) is 19.0. The summed E-state index contributed by atoms with van der Waals surface area (Å²) >= 11 is 0. The number of hydrogen-bond donors (Lipinski definition) is 3. The van der Waals surface area contributed by atoms with E-state index in [2.05, 4.69) is 77.1 Å². The second-order valence-electron chi connectivity index (χ2n) is 10.9. The van der Waals surface area contributed by atoms with Crippen molar-refractivity contribution >= 4 is 22.6 Å². The predicted octanol–water partition coefficient (Wildman–Crippen LogP) is 5.20. The molecule has 0 bridgehead atoms. The molecule has 202 valence electrons. The van der Waals surface area contributed by atoms with E-state index in [9.17, 15) is 4.79 Å². The number of hydrogen-bond acceptors (Lipinski definition) is 4. The molecule has 3 N–H and O–H groups in total. The van der Waals surface area contributed by atoms with Gasteiger partial charge in [-0.2, -0.15) is 5.10 Å². The van der Waals surface area contributed by atoms with Crippen molar-refractivity contribution in [3.8, 4) is 11.3 Å². The third kappa shape index (κ3) is 4.52. The van der Waals surface area contributed by atoms with E-state index in [4.69, 9.17) is 0 Å². The normalized spacial score (nSPS) is 18.3. The molecule has 39 heavy (non-hydrogen) atoms. The number of likely N-dealkylation sites (tertiary alicyclic amines) is 1. The Labute approximate surface area is 229 Å². The standard InChI is InChI=1S/C31H37N7O/c1-5-21(6-2)28-25-15-23(22-10-13-37(14-11-22)31(39)35-24-9-12-32-16-24)7-8-27(25)36-29(28)26-17-38-30(33-18-34-38)20(4)19(26)3/h5-8,15,17-18,21-22,24,32,36H,1-2,9-14,16H2,3-4H3,(H,35,39)/t24-/m1/s1. The minimum atomic E-state index is -0.00855. The van der Waals surface area contributed by atoms with E-state index < -0.39 is 0 Å². The van der Waals surface area contributed by atoms with Crippen LogP contribution in [0.5, 0.6) is 0 Å². The average Bonchev–Trinajstić information content (AvgIpc) is 3.72. The highest BCUT2D eigenvalue weighted by Gasteiger charge is 2.27. The number of pyridine rings is 1. The smallest absolute Gasteiger partial charge is 0.317 e. The molecule has 1 aromatic carbocycles. The number of carbonyl (C=O) groups excluding carboxylic acids is 1. The molecule has 1 atom stereocenters. The Kier molecular flexibility index (Phi) is 6.73. The summed E-state index contributed by atoms with van der Waals surface area (Å²) in [7, 11) is 0. The SMILES string of the molecule is C=CC(C=C)c1c(-c2cn3ncnc3c(C)c2C)[nH]c2ccc(C3CCN(C(=O)N[C@@H]4CCNC4)CC3)cc12. The molecule has 3 aromatic heterocycles. The average molecular weight is 524 g/mol. The molecule has 2 aliphatic heterocycles. The van der Waals surface area contributed by atoms with Crippen LogP contribution in [0.1, 0.15) is 53.4 Å². The number of fused-ring (bicyclic) bond motifs is 2. The zero-order valence-electron chi connectivity index (χ0n) is 22.8. The van der Waals surface area contributed by atoms with Crippen molar-refractivity contribution < 1.29 is 4.79 Å². The number of carbonyl (C=O) groups is 1. The number of aryl methyl sites for hydroxylation is 1. The van der Waals surface area contributed by atoms with Gasteiger partial charge in [0.25, 0.3) is 0 Å². The van der Waals surface area contributed by atoms with Gasteiger partial charge in [-0.1, -0.05) is 18.2 Å². The zero-order chi connectivity index (χ0) is 27.1. The van der Waals surface area contributed by atoms with Crippen molar-refractivity contribution in [3.05, 3.63) is 78.3 Å². The van der Waals surface area contributed by atoms with Gasteiger partial charge in [0.15, 0.2) is 5.65 Å². The number of amides is 2. The van der Waals surface area contributed by atoms with Crippen LogP contribution >= 0.6 is 0 Å². The summed E-state index contributed by atoms with van der Waals surface area (Å²) in [4.78, 5) is 22.9. The Morgan fingerprint density at radius 1 is 1.15 bits per heavy atom. The van der Waals surface area contributed by atoms with Crippen LogP contribution in [-0.2, 0) is 0 Å². The van der Waals surface area contributed by atoms with Gasteiger partial charge in [0.2, 0.25) is 0 Å². The van der Waals surface area contributed by atoms with E-state index in [1.165, 1.54) is 22.1 Å². The number of urea groups is 1. The minimum absolute atomic E-state index is 0.00855. The quantitative estimate of drug-likeness (QED) is 0.303. The van der Waals surface area contributed by atoms with Crippen LogP contribution in [-0.4, -0.2) is 62.7 Å². The Bertz CT molecular complexity index is 1540. The highest BCUT2D eigenvalue weighted by molar-refractivity contribution is 5.93. The van der Waals surface area contributed by atoms with Crippen LogP contribution in [0.3, 0.4) is 0 Å². The summed E-state index contributed by atoms with van der Waals surface area (Å²) < 4.78 is 1.85. The monoisotopic (exact) mass is 523 g/mol. The highest BCUT2D eigenvalue weighted by Crippen LogP contribution is 2.40. The van der Waals surface area contributed by atoms with Crippen LogP contribution in [0.15, 0.2) is 56.0 Å². The number of piperidine rings is 1. The number of H-pyrrole nitrogens is 1. The molecule has 2 amide bonds. The molecule has 0 saturated carbocycles. The maximum Gasteiger partial charge on any atom is 0.317 e. The summed E-state index contributed by atoms with van der Waals surface area (Å²) in [6, 6.07) is 7.10. The Hall–Kier alpha value is -3.91. The molecule has 2 fully saturated rings. The molecule has 0 aliphatic carbocycles. The third-order valence-corrected chi connectivity index (χ3v) is 8.74. The van der Waals surface area contributed by atoms with Gasteiger partial charge >= 0.3 is 6.03 Å². The van der Waals surface area contributed by atoms with Crippen LogP contribution in [0.4, 0.5) is 4.79 Å². The molecule has 0 spiro atoms. The number of benzene rings is 1. The van der Waals surface area contributed by atoms with Crippen LogP contribution in [0.25, 0.3) is 27.8 Å². The molecule has 2 saturated heterocycles. The lowest BCUT2D eigenvalue weighted by Gasteiger charge is -2.33. The summed E-state index contributed by atoms with van der Waals surface area (Å²) in [6.45, 7) is 15.9. The summed E-state index contributed by atoms with van der Waals surface area (Å²) in [5.41, 5.74) is 8.93. The summed E-state index contributed by atoms with van der Waals surface area (Å²) in [6.07, 6.45) is 10.5. The second-order valence-corrected chi connectivity index (χ2v) is 10.9. The molecule has 0 radical (unpaired) electrons. The van der Waals surface area contributed by atoms with E-state index >= 15 is 0 Å².